The van der Waals surface area contributed by atoms with E-state index in [0.29, 0.717) is 25.4 Å². The summed E-state index contributed by atoms with van der Waals surface area (Å²) in [4.78, 5) is 13.6. The minimum absolute atomic E-state index is 0.0682. The second-order valence-electron chi connectivity index (χ2n) is 5.83. The first kappa shape index (κ1) is 13.8. The number of fused-ring (bicyclic) bond motifs is 3. The number of ether oxygens (including phenoxy) is 1. The van der Waals surface area contributed by atoms with Crippen molar-refractivity contribution in [3.8, 4) is 11.1 Å². The van der Waals surface area contributed by atoms with E-state index >= 15 is 0 Å². The summed E-state index contributed by atoms with van der Waals surface area (Å²) in [6.07, 6.45) is -0.362. The SMILES string of the molecule is O=C(OCC1c2ccccc2-c2ccccc21)N1CC(=NO)C1. The molecule has 0 aromatic heterocycles. The average Bonchev–Trinajstić information content (AvgIpc) is 2.86. The Hall–Kier alpha value is -2.82. The van der Waals surface area contributed by atoms with Crippen LogP contribution < -0.4 is 0 Å². The number of hydrogen-bond acceptors (Lipinski definition) is 4. The van der Waals surface area contributed by atoms with Crippen LogP contribution in [-0.2, 0) is 4.74 Å². The zero-order valence-corrected chi connectivity index (χ0v) is 12.5. The fourth-order valence-electron chi connectivity index (χ4n) is 3.27. The maximum Gasteiger partial charge on any atom is 0.410 e. The molecular formula is C18H16N2O3. The first-order valence-corrected chi connectivity index (χ1v) is 7.57. The molecule has 1 saturated heterocycles. The van der Waals surface area contributed by atoms with Crippen molar-refractivity contribution in [3.05, 3.63) is 59.7 Å². The van der Waals surface area contributed by atoms with Gasteiger partial charge in [0, 0.05) is 5.92 Å². The van der Waals surface area contributed by atoms with Crippen molar-refractivity contribution in [3.63, 3.8) is 0 Å². The molecule has 1 heterocycles. The lowest BCUT2D eigenvalue weighted by Crippen LogP contribution is -2.51. The van der Waals surface area contributed by atoms with Crippen LogP contribution in [0.2, 0.25) is 0 Å². The third-order valence-corrected chi connectivity index (χ3v) is 4.48. The van der Waals surface area contributed by atoms with E-state index in [1.54, 1.807) is 0 Å². The van der Waals surface area contributed by atoms with Crippen molar-refractivity contribution in [1.29, 1.82) is 0 Å². The number of oxime groups is 1. The van der Waals surface area contributed by atoms with Gasteiger partial charge in [0.2, 0.25) is 0 Å². The molecule has 23 heavy (non-hydrogen) atoms. The molecule has 0 spiro atoms. The van der Waals surface area contributed by atoms with Gasteiger partial charge in [0.05, 0.1) is 18.8 Å². The Kier molecular flexibility index (Phi) is 3.26. The highest BCUT2D eigenvalue weighted by molar-refractivity contribution is 5.98. The molecule has 2 aliphatic rings. The van der Waals surface area contributed by atoms with Gasteiger partial charge in [-0.3, -0.25) is 4.90 Å². The second kappa shape index (κ2) is 5.43. The summed E-state index contributed by atoms with van der Waals surface area (Å²) in [5.74, 6) is 0.0682. The van der Waals surface area contributed by atoms with Crippen LogP contribution in [0.3, 0.4) is 0 Å². The van der Waals surface area contributed by atoms with E-state index in [1.807, 2.05) is 24.3 Å². The summed E-state index contributed by atoms with van der Waals surface area (Å²) in [5.41, 5.74) is 5.41. The maximum atomic E-state index is 12.0. The number of carbonyl (C=O) groups is 1. The van der Waals surface area contributed by atoms with Crippen molar-refractivity contribution in [2.24, 2.45) is 5.16 Å². The minimum Gasteiger partial charge on any atom is -0.448 e. The Morgan fingerprint density at radius 1 is 1.09 bits per heavy atom. The fraction of sp³-hybridized carbons (Fsp3) is 0.222. The van der Waals surface area contributed by atoms with E-state index in [4.69, 9.17) is 9.94 Å². The molecule has 1 aliphatic heterocycles. The second-order valence-corrected chi connectivity index (χ2v) is 5.83. The molecular weight excluding hydrogens is 292 g/mol. The number of likely N-dealkylation sites (tertiary alicyclic amines) is 1. The highest BCUT2D eigenvalue weighted by Gasteiger charge is 2.32. The van der Waals surface area contributed by atoms with Gasteiger partial charge in [-0.2, -0.15) is 0 Å². The number of benzene rings is 2. The Bertz CT molecular complexity index is 747. The molecule has 4 rings (SSSR count). The summed E-state index contributed by atoms with van der Waals surface area (Å²) in [7, 11) is 0. The van der Waals surface area contributed by atoms with Crippen LogP contribution in [0.15, 0.2) is 53.7 Å². The molecule has 0 unspecified atom stereocenters. The number of nitrogens with zero attached hydrogens (tertiary/aromatic N) is 2. The molecule has 0 bridgehead atoms. The van der Waals surface area contributed by atoms with E-state index in [9.17, 15) is 4.79 Å². The van der Waals surface area contributed by atoms with Gasteiger partial charge >= 0.3 is 6.09 Å². The molecule has 2 aromatic rings. The molecule has 0 saturated carbocycles. The van der Waals surface area contributed by atoms with Gasteiger partial charge in [-0.15, -0.1) is 0 Å². The zero-order chi connectivity index (χ0) is 15.8. The number of rotatable bonds is 2. The maximum absolute atomic E-state index is 12.0. The molecule has 0 radical (unpaired) electrons. The van der Waals surface area contributed by atoms with Crippen LogP contribution >= 0.6 is 0 Å². The largest absolute Gasteiger partial charge is 0.448 e. The molecule has 5 nitrogen and oxygen atoms in total. The highest BCUT2D eigenvalue weighted by Crippen LogP contribution is 2.44. The van der Waals surface area contributed by atoms with E-state index in [-0.39, 0.29) is 12.0 Å². The zero-order valence-electron chi connectivity index (χ0n) is 12.5. The van der Waals surface area contributed by atoms with Gasteiger partial charge in [0.15, 0.2) is 0 Å². The van der Waals surface area contributed by atoms with E-state index in [0.717, 1.165) is 0 Å². The summed E-state index contributed by atoms with van der Waals surface area (Å²) in [5, 5.41) is 11.7. The van der Waals surface area contributed by atoms with Crippen LogP contribution in [0.1, 0.15) is 17.0 Å². The lowest BCUT2D eigenvalue weighted by Gasteiger charge is -2.30. The number of carbonyl (C=O) groups excluding carboxylic acids is 1. The minimum atomic E-state index is -0.362. The smallest absolute Gasteiger partial charge is 0.410 e. The third-order valence-electron chi connectivity index (χ3n) is 4.48. The molecule has 0 atom stereocenters. The van der Waals surface area contributed by atoms with Crippen LogP contribution in [-0.4, -0.2) is 41.6 Å². The normalized spacial score (nSPS) is 15.7. The van der Waals surface area contributed by atoms with Crippen molar-refractivity contribution >= 4 is 11.8 Å². The van der Waals surface area contributed by atoms with Crippen molar-refractivity contribution in [1.82, 2.24) is 4.90 Å². The van der Waals surface area contributed by atoms with Gasteiger partial charge in [0.25, 0.3) is 0 Å². The topological polar surface area (TPSA) is 62.1 Å². The van der Waals surface area contributed by atoms with Gasteiger partial charge in [-0.05, 0) is 22.3 Å². The Labute approximate surface area is 133 Å². The monoisotopic (exact) mass is 308 g/mol. The third kappa shape index (κ3) is 2.25. The Morgan fingerprint density at radius 3 is 2.22 bits per heavy atom. The first-order valence-electron chi connectivity index (χ1n) is 7.57. The van der Waals surface area contributed by atoms with Crippen LogP contribution in [0.4, 0.5) is 4.79 Å². The standard InChI is InChI=1S/C18H16N2O3/c21-18(20-9-12(10-20)19-22)23-11-17-15-7-3-1-5-13(15)14-6-2-4-8-16(14)17/h1-8,17,22H,9-11H2. The van der Waals surface area contributed by atoms with Crippen molar-refractivity contribution in [2.45, 2.75) is 5.92 Å². The highest BCUT2D eigenvalue weighted by atomic mass is 16.6. The first-order chi connectivity index (χ1) is 11.3. The predicted molar refractivity (Wildman–Crippen MR) is 85.9 cm³/mol. The Morgan fingerprint density at radius 2 is 1.65 bits per heavy atom. The molecule has 1 N–H and O–H groups in total. The van der Waals surface area contributed by atoms with Crippen molar-refractivity contribution < 1.29 is 14.7 Å². The van der Waals surface area contributed by atoms with Gasteiger partial charge in [-0.1, -0.05) is 53.7 Å². The fourth-order valence-corrected chi connectivity index (χ4v) is 3.27. The summed E-state index contributed by atoms with van der Waals surface area (Å²) >= 11 is 0. The summed E-state index contributed by atoms with van der Waals surface area (Å²) < 4.78 is 5.49. The van der Waals surface area contributed by atoms with Gasteiger partial charge in [-0.25, -0.2) is 4.79 Å². The van der Waals surface area contributed by atoms with E-state index < -0.39 is 0 Å². The summed E-state index contributed by atoms with van der Waals surface area (Å²) in [6, 6.07) is 16.5. The van der Waals surface area contributed by atoms with E-state index in [2.05, 4.69) is 29.4 Å². The lowest BCUT2D eigenvalue weighted by atomic mass is 9.98. The quantitative estimate of drug-likeness (QED) is 0.685. The van der Waals surface area contributed by atoms with Crippen molar-refractivity contribution in [2.75, 3.05) is 19.7 Å². The molecule has 116 valence electrons. The van der Waals surface area contributed by atoms with Gasteiger partial charge in [0.1, 0.15) is 6.61 Å². The van der Waals surface area contributed by atoms with Crippen LogP contribution in [0, 0.1) is 0 Å². The molecule has 1 amide bonds. The number of amides is 1. The Balaban J connectivity index is 1.52. The predicted octanol–water partition coefficient (Wildman–Crippen LogP) is 3.08. The molecule has 1 aliphatic carbocycles. The van der Waals surface area contributed by atoms with Gasteiger partial charge < -0.3 is 9.94 Å². The van der Waals surface area contributed by atoms with E-state index in [1.165, 1.54) is 27.2 Å². The van der Waals surface area contributed by atoms with Crippen LogP contribution in [0.5, 0.6) is 0 Å². The summed E-state index contributed by atoms with van der Waals surface area (Å²) in [6.45, 7) is 0.995. The molecule has 5 heteroatoms. The average molecular weight is 308 g/mol. The van der Waals surface area contributed by atoms with Crippen LogP contribution in [0.25, 0.3) is 11.1 Å². The lowest BCUT2D eigenvalue weighted by molar-refractivity contribution is 0.102. The molecule has 2 aromatic carbocycles. The number of hydrogen-bond donors (Lipinski definition) is 1. The molecule has 1 fully saturated rings.